The summed E-state index contributed by atoms with van der Waals surface area (Å²) < 4.78 is 5.23. The van der Waals surface area contributed by atoms with Gasteiger partial charge in [-0.25, -0.2) is 0 Å². The van der Waals surface area contributed by atoms with Crippen molar-refractivity contribution in [1.82, 2.24) is 4.90 Å². The van der Waals surface area contributed by atoms with Gasteiger partial charge in [-0.05, 0) is 52.4 Å². The third-order valence-corrected chi connectivity index (χ3v) is 3.42. The van der Waals surface area contributed by atoms with E-state index < -0.39 is 5.60 Å². The van der Waals surface area contributed by atoms with E-state index in [4.69, 9.17) is 4.74 Å². The molecule has 0 radical (unpaired) electrons. The lowest BCUT2D eigenvalue weighted by Gasteiger charge is -2.23. The highest BCUT2D eigenvalue weighted by atomic mass is 16.6. The quantitative estimate of drug-likeness (QED) is 0.695. The van der Waals surface area contributed by atoms with E-state index in [9.17, 15) is 9.59 Å². The van der Waals surface area contributed by atoms with E-state index >= 15 is 0 Å². The van der Waals surface area contributed by atoms with Crippen LogP contribution in [0.4, 0.5) is 0 Å². The van der Waals surface area contributed by atoms with Gasteiger partial charge in [0, 0.05) is 19.0 Å². The first-order valence-electron chi connectivity index (χ1n) is 7.36. The van der Waals surface area contributed by atoms with Crippen LogP contribution in [0.1, 0.15) is 59.3 Å². The predicted molar refractivity (Wildman–Crippen MR) is 72.5 cm³/mol. The Bertz CT molecular complexity index is 351. The predicted octanol–water partition coefficient (Wildman–Crippen LogP) is 2.51. The summed E-state index contributed by atoms with van der Waals surface area (Å²) in [6, 6.07) is 0.451. The van der Waals surface area contributed by atoms with Gasteiger partial charge in [-0.3, -0.25) is 9.59 Å². The Morgan fingerprint density at radius 1 is 1.11 bits per heavy atom. The van der Waals surface area contributed by atoms with Gasteiger partial charge >= 0.3 is 5.97 Å². The zero-order valence-electron chi connectivity index (χ0n) is 12.3. The smallest absolute Gasteiger partial charge is 0.306 e. The van der Waals surface area contributed by atoms with Crippen LogP contribution in [-0.4, -0.2) is 35.0 Å². The monoisotopic (exact) mass is 267 g/mol. The summed E-state index contributed by atoms with van der Waals surface area (Å²) in [7, 11) is 0. The molecule has 0 aromatic rings. The van der Waals surface area contributed by atoms with Crippen LogP contribution in [0.5, 0.6) is 0 Å². The summed E-state index contributed by atoms with van der Waals surface area (Å²) in [6.07, 6.45) is 5.25. The minimum absolute atomic E-state index is 0.125. The number of hydrogen-bond donors (Lipinski definition) is 0. The molecule has 0 atom stereocenters. The second-order valence-corrected chi connectivity index (χ2v) is 6.81. The maximum absolute atomic E-state index is 12.2. The number of hydrogen-bond acceptors (Lipinski definition) is 3. The van der Waals surface area contributed by atoms with Gasteiger partial charge in [-0.15, -0.1) is 0 Å². The van der Waals surface area contributed by atoms with Gasteiger partial charge < -0.3 is 9.64 Å². The fraction of sp³-hybridized carbons (Fsp3) is 0.867. The molecule has 2 aliphatic rings. The Hall–Kier alpha value is -1.06. The first-order valence-corrected chi connectivity index (χ1v) is 7.36. The first kappa shape index (κ1) is 14.4. The van der Waals surface area contributed by atoms with Crippen molar-refractivity contribution >= 4 is 11.9 Å². The largest absolute Gasteiger partial charge is 0.460 e. The van der Waals surface area contributed by atoms with Gasteiger partial charge in [-0.2, -0.15) is 0 Å². The summed E-state index contributed by atoms with van der Waals surface area (Å²) in [5, 5.41) is 0. The average molecular weight is 267 g/mol. The number of ether oxygens (including phenoxy) is 1. The molecule has 4 nitrogen and oxygen atoms in total. The summed E-state index contributed by atoms with van der Waals surface area (Å²) in [4.78, 5) is 25.8. The molecule has 0 N–H and O–H groups in total. The molecule has 0 heterocycles. The van der Waals surface area contributed by atoms with E-state index in [-0.39, 0.29) is 24.7 Å². The van der Waals surface area contributed by atoms with Crippen LogP contribution in [0.2, 0.25) is 0 Å². The number of carbonyl (C=O) groups is 2. The van der Waals surface area contributed by atoms with Crippen molar-refractivity contribution in [3.05, 3.63) is 0 Å². The van der Waals surface area contributed by atoms with Crippen LogP contribution in [0.15, 0.2) is 0 Å². The van der Waals surface area contributed by atoms with E-state index in [1.165, 1.54) is 12.8 Å². The van der Waals surface area contributed by atoms with Crippen molar-refractivity contribution in [2.45, 2.75) is 70.9 Å². The van der Waals surface area contributed by atoms with E-state index in [0.29, 0.717) is 12.0 Å². The number of rotatable bonds is 6. The van der Waals surface area contributed by atoms with Crippen LogP contribution in [0.3, 0.4) is 0 Å². The van der Waals surface area contributed by atoms with Gasteiger partial charge in [0.05, 0.1) is 6.42 Å². The summed E-state index contributed by atoms with van der Waals surface area (Å²) in [6.45, 7) is 6.43. The molecule has 4 heteroatoms. The molecule has 1 amide bonds. The summed E-state index contributed by atoms with van der Waals surface area (Å²) in [5.74, 6) is 0.564. The molecule has 0 aromatic carbocycles. The molecule has 0 aromatic heterocycles. The zero-order chi connectivity index (χ0) is 14.0. The van der Waals surface area contributed by atoms with Gasteiger partial charge in [0.25, 0.3) is 0 Å². The van der Waals surface area contributed by atoms with Crippen molar-refractivity contribution in [3.63, 3.8) is 0 Å². The van der Waals surface area contributed by atoms with Crippen molar-refractivity contribution in [2.24, 2.45) is 5.92 Å². The van der Waals surface area contributed by atoms with Crippen molar-refractivity contribution in [2.75, 3.05) is 6.54 Å². The minimum atomic E-state index is -0.468. The number of amides is 1. The topological polar surface area (TPSA) is 46.6 Å². The molecule has 0 bridgehead atoms. The number of esters is 1. The molecule has 2 saturated carbocycles. The lowest BCUT2D eigenvalue weighted by atomic mass is 10.2. The van der Waals surface area contributed by atoms with Gasteiger partial charge in [0.1, 0.15) is 5.60 Å². The third-order valence-electron chi connectivity index (χ3n) is 3.42. The molecule has 0 aliphatic heterocycles. The van der Waals surface area contributed by atoms with Crippen molar-refractivity contribution in [3.8, 4) is 0 Å². The molecule has 19 heavy (non-hydrogen) atoms. The standard InChI is InChI=1S/C15H25NO3/c1-15(2,3)19-14(18)9-8-13(17)16(12-6-7-12)10-11-4-5-11/h11-12H,4-10H2,1-3H3. The zero-order valence-corrected chi connectivity index (χ0v) is 12.3. The van der Waals surface area contributed by atoms with Gasteiger partial charge in [0.2, 0.25) is 5.91 Å². The Kier molecular flexibility index (Phi) is 4.16. The average Bonchev–Trinajstić information content (AvgIpc) is 3.11. The van der Waals surface area contributed by atoms with Gasteiger partial charge in [-0.1, -0.05) is 0 Å². The van der Waals surface area contributed by atoms with Crippen molar-refractivity contribution < 1.29 is 14.3 Å². The molecular formula is C15H25NO3. The second-order valence-electron chi connectivity index (χ2n) is 6.81. The molecule has 2 fully saturated rings. The fourth-order valence-electron chi connectivity index (χ4n) is 2.16. The molecule has 0 saturated heterocycles. The Morgan fingerprint density at radius 2 is 1.74 bits per heavy atom. The Balaban J connectivity index is 1.74. The highest BCUT2D eigenvalue weighted by molar-refractivity contribution is 5.82. The molecule has 0 unspecified atom stereocenters. The molecule has 108 valence electrons. The number of carbonyl (C=O) groups excluding carboxylic acids is 2. The van der Waals surface area contributed by atoms with Crippen LogP contribution in [-0.2, 0) is 14.3 Å². The van der Waals surface area contributed by atoms with E-state index in [1.54, 1.807) is 0 Å². The minimum Gasteiger partial charge on any atom is -0.460 e. The van der Waals surface area contributed by atoms with Gasteiger partial charge in [0.15, 0.2) is 0 Å². The highest BCUT2D eigenvalue weighted by Gasteiger charge is 2.36. The molecular weight excluding hydrogens is 242 g/mol. The third kappa shape index (κ3) is 5.21. The van der Waals surface area contributed by atoms with Crippen LogP contribution in [0, 0.1) is 5.92 Å². The van der Waals surface area contributed by atoms with Crippen molar-refractivity contribution in [1.29, 1.82) is 0 Å². The van der Waals surface area contributed by atoms with E-state index in [2.05, 4.69) is 0 Å². The normalized spacial score (nSPS) is 19.1. The lowest BCUT2D eigenvalue weighted by Crippen LogP contribution is -2.35. The summed E-state index contributed by atoms with van der Waals surface area (Å²) in [5.41, 5.74) is -0.468. The SMILES string of the molecule is CC(C)(C)OC(=O)CCC(=O)N(CC1CC1)C1CC1. The highest BCUT2D eigenvalue weighted by Crippen LogP contribution is 2.35. The first-order chi connectivity index (χ1) is 8.85. The fourth-order valence-corrected chi connectivity index (χ4v) is 2.16. The molecule has 0 spiro atoms. The molecule has 2 aliphatic carbocycles. The summed E-state index contributed by atoms with van der Waals surface area (Å²) >= 11 is 0. The lowest BCUT2D eigenvalue weighted by molar-refractivity contribution is -0.156. The van der Waals surface area contributed by atoms with E-state index in [0.717, 1.165) is 19.4 Å². The maximum atomic E-state index is 12.2. The molecule has 2 rings (SSSR count). The van der Waals surface area contributed by atoms with E-state index in [1.807, 2.05) is 25.7 Å². The Morgan fingerprint density at radius 3 is 2.21 bits per heavy atom. The second kappa shape index (κ2) is 5.51. The number of nitrogens with zero attached hydrogens (tertiary/aromatic N) is 1. The van der Waals surface area contributed by atoms with Crippen LogP contribution >= 0.6 is 0 Å². The Labute approximate surface area is 115 Å². The van der Waals surface area contributed by atoms with Crippen LogP contribution in [0.25, 0.3) is 0 Å². The maximum Gasteiger partial charge on any atom is 0.306 e. The van der Waals surface area contributed by atoms with Crippen LogP contribution < -0.4 is 0 Å².